The molecule has 2 aromatic rings. The average molecular weight is 334 g/mol. The minimum Gasteiger partial charge on any atom is -0.302 e. The van der Waals surface area contributed by atoms with Gasteiger partial charge in [-0.2, -0.15) is 0 Å². The number of rotatable bonds is 2. The molecule has 3 atom stereocenters. The molecule has 0 radical (unpaired) electrons. The number of halogens is 2. The highest BCUT2D eigenvalue weighted by atomic mass is 35.5. The van der Waals surface area contributed by atoms with Crippen molar-refractivity contribution in [3.05, 3.63) is 69.7 Å². The zero-order valence-corrected chi connectivity index (χ0v) is 13.7. The van der Waals surface area contributed by atoms with Crippen LogP contribution in [0.3, 0.4) is 0 Å². The number of Topliss-reactive ketones (excluding diaryl/α,β-unsaturated/α-hetero) is 1. The summed E-state index contributed by atoms with van der Waals surface area (Å²) in [6.45, 7) is 1.98. The second kappa shape index (κ2) is 6.41. The maximum Gasteiger partial charge on any atom is 0.139 e. The summed E-state index contributed by atoms with van der Waals surface area (Å²) in [5.74, 6) is 0.225. The molecule has 1 fully saturated rings. The Balaban J connectivity index is 1.88. The van der Waals surface area contributed by atoms with Crippen LogP contribution in [0.25, 0.3) is 0 Å². The summed E-state index contributed by atoms with van der Waals surface area (Å²) >= 11 is 11.9. The van der Waals surface area contributed by atoms with Crippen LogP contribution in [-0.2, 0) is 4.79 Å². The maximum atomic E-state index is 12.4. The Labute approximate surface area is 140 Å². The number of ketones is 1. The van der Waals surface area contributed by atoms with Crippen molar-refractivity contribution in [2.24, 2.45) is 5.92 Å². The summed E-state index contributed by atoms with van der Waals surface area (Å²) in [6.07, 6.45) is 0.507. The number of nitrogens with one attached hydrogen (secondary N) is 1. The topological polar surface area (TPSA) is 29.1 Å². The third-order valence-electron chi connectivity index (χ3n) is 4.30. The second-order valence-corrected chi connectivity index (χ2v) is 6.63. The molecule has 0 aliphatic carbocycles. The molecule has 0 bridgehead atoms. The van der Waals surface area contributed by atoms with Crippen LogP contribution in [0.4, 0.5) is 0 Å². The van der Waals surface area contributed by atoms with Crippen molar-refractivity contribution in [3.8, 4) is 0 Å². The number of carbonyl (C=O) groups excluding carboxylic acids is 1. The second-order valence-electron chi connectivity index (χ2n) is 5.76. The molecule has 22 heavy (non-hydrogen) atoms. The van der Waals surface area contributed by atoms with Crippen molar-refractivity contribution >= 4 is 29.0 Å². The Hall–Kier alpha value is -1.35. The smallest absolute Gasteiger partial charge is 0.139 e. The van der Waals surface area contributed by atoms with Gasteiger partial charge in [0.1, 0.15) is 5.78 Å². The molecule has 0 aromatic heterocycles. The Morgan fingerprint density at radius 3 is 1.95 bits per heavy atom. The quantitative estimate of drug-likeness (QED) is 0.840. The van der Waals surface area contributed by atoms with E-state index in [2.05, 4.69) is 5.32 Å². The van der Waals surface area contributed by atoms with Gasteiger partial charge in [0.2, 0.25) is 0 Å². The van der Waals surface area contributed by atoms with Gasteiger partial charge in [-0.3, -0.25) is 4.79 Å². The van der Waals surface area contributed by atoms with E-state index in [0.717, 1.165) is 11.1 Å². The lowest BCUT2D eigenvalue weighted by atomic mass is 9.82. The highest BCUT2D eigenvalue weighted by molar-refractivity contribution is 6.30. The number of hydrogen-bond acceptors (Lipinski definition) is 2. The van der Waals surface area contributed by atoms with Gasteiger partial charge >= 0.3 is 0 Å². The SMILES string of the molecule is C[C@@H]1C(=O)C[C@@H](c2ccc(Cl)cc2)N[C@H]1c1ccc(Cl)cc1. The highest BCUT2D eigenvalue weighted by Gasteiger charge is 2.34. The summed E-state index contributed by atoms with van der Waals surface area (Å²) < 4.78 is 0. The molecule has 1 aliphatic rings. The van der Waals surface area contributed by atoms with Crippen molar-refractivity contribution in [1.29, 1.82) is 0 Å². The van der Waals surface area contributed by atoms with Crippen LogP contribution in [0.2, 0.25) is 10.0 Å². The largest absolute Gasteiger partial charge is 0.302 e. The first-order chi connectivity index (χ1) is 10.5. The molecule has 2 aromatic carbocycles. The van der Waals surface area contributed by atoms with Crippen molar-refractivity contribution in [2.45, 2.75) is 25.4 Å². The molecule has 4 heteroatoms. The predicted octanol–water partition coefficient (Wildman–Crippen LogP) is 4.97. The number of benzene rings is 2. The van der Waals surface area contributed by atoms with Crippen LogP contribution in [0.1, 0.15) is 36.6 Å². The van der Waals surface area contributed by atoms with Gasteiger partial charge in [-0.15, -0.1) is 0 Å². The minimum absolute atomic E-state index is 0.000746. The van der Waals surface area contributed by atoms with Crippen LogP contribution in [-0.4, -0.2) is 5.78 Å². The van der Waals surface area contributed by atoms with Crippen LogP contribution < -0.4 is 5.32 Å². The van der Waals surface area contributed by atoms with E-state index in [9.17, 15) is 4.79 Å². The van der Waals surface area contributed by atoms with E-state index < -0.39 is 0 Å². The monoisotopic (exact) mass is 333 g/mol. The zero-order chi connectivity index (χ0) is 15.7. The van der Waals surface area contributed by atoms with Crippen molar-refractivity contribution < 1.29 is 4.79 Å². The molecule has 0 amide bonds. The molecule has 1 aliphatic heterocycles. The Morgan fingerprint density at radius 2 is 1.41 bits per heavy atom. The predicted molar refractivity (Wildman–Crippen MR) is 90.3 cm³/mol. The van der Waals surface area contributed by atoms with Crippen molar-refractivity contribution in [2.75, 3.05) is 0 Å². The van der Waals surface area contributed by atoms with Gasteiger partial charge in [0, 0.05) is 34.5 Å². The summed E-state index contributed by atoms with van der Waals surface area (Å²) in [7, 11) is 0. The fourth-order valence-electron chi connectivity index (χ4n) is 2.96. The number of piperidine rings is 1. The van der Waals surface area contributed by atoms with Crippen molar-refractivity contribution in [1.82, 2.24) is 5.32 Å². The van der Waals surface area contributed by atoms with Gasteiger partial charge in [-0.05, 0) is 35.4 Å². The molecule has 2 nitrogen and oxygen atoms in total. The molecule has 1 N–H and O–H groups in total. The fourth-order valence-corrected chi connectivity index (χ4v) is 3.21. The van der Waals surface area contributed by atoms with E-state index in [1.807, 2.05) is 55.5 Å². The first-order valence-electron chi connectivity index (χ1n) is 7.34. The van der Waals surface area contributed by atoms with Crippen LogP contribution >= 0.6 is 23.2 Å². The lowest BCUT2D eigenvalue weighted by Crippen LogP contribution is -2.41. The normalized spacial score (nSPS) is 25.2. The highest BCUT2D eigenvalue weighted by Crippen LogP contribution is 2.35. The lowest BCUT2D eigenvalue weighted by molar-refractivity contribution is -0.126. The van der Waals surface area contributed by atoms with E-state index in [-0.39, 0.29) is 23.8 Å². The first-order valence-corrected chi connectivity index (χ1v) is 8.10. The first kappa shape index (κ1) is 15.5. The summed E-state index contributed by atoms with van der Waals surface area (Å²) in [4.78, 5) is 12.4. The van der Waals surface area contributed by atoms with Gasteiger partial charge in [0.15, 0.2) is 0 Å². The molecule has 0 saturated carbocycles. The molecule has 0 spiro atoms. The molecular formula is C18H17Cl2NO. The van der Waals surface area contributed by atoms with Crippen LogP contribution in [0, 0.1) is 5.92 Å². The fraction of sp³-hybridized carbons (Fsp3) is 0.278. The Kier molecular flexibility index (Phi) is 4.53. The molecular weight excluding hydrogens is 317 g/mol. The average Bonchev–Trinajstić information content (AvgIpc) is 2.52. The summed E-state index contributed by atoms with van der Waals surface area (Å²) in [6, 6.07) is 15.4. The molecule has 3 rings (SSSR count). The standard InChI is InChI=1S/C18H17Cl2NO/c1-11-17(22)10-16(12-2-6-14(19)7-3-12)21-18(11)13-4-8-15(20)9-5-13/h2-9,11,16,18,21H,10H2,1H3/t11-,16+,18-/m1/s1. The maximum absolute atomic E-state index is 12.4. The van der Waals surface area contributed by atoms with E-state index in [4.69, 9.17) is 23.2 Å². The van der Waals surface area contributed by atoms with Gasteiger partial charge in [-0.25, -0.2) is 0 Å². The molecule has 114 valence electrons. The summed E-state index contributed by atoms with van der Waals surface area (Å²) in [5.41, 5.74) is 2.17. The van der Waals surface area contributed by atoms with Gasteiger partial charge < -0.3 is 5.32 Å². The molecule has 0 unspecified atom stereocenters. The van der Waals surface area contributed by atoms with Crippen molar-refractivity contribution in [3.63, 3.8) is 0 Å². The molecule has 1 saturated heterocycles. The van der Waals surface area contributed by atoms with Gasteiger partial charge in [0.05, 0.1) is 0 Å². The van der Waals surface area contributed by atoms with Gasteiger partial charge in [0.25, 0.3) is 0 Å². The minimum atomic E-state index is -0.0512. The van der Waals surface area contributed by atoms with Crippen LogP contribution in [0.5, 0.6) is 0 Å². The number of hydrogen-bond donors (Lipinski definition) is 1. The third kappa shape index (κ3) is 3.19. The summed E-state index contributed by atoms with van der Waals surface area (Å²) in [5, 5.41) is 5.00. The zero-order valence-electron chi connectivity index (χ0n) is 12.2. The van der Waals surface area contributed by atoms with Gasteiger partial charge in [-0.1, -0.05) is 54.4 Å². The van der Waals surface area contributed by atoms with E-state index in [0.29, 0.717) is 16.5 Å². The van der Waals surface area contributed by atoms with Crippen LogP contribution in [0.15, 0.2) is 48.5 Å². The van der Waals surface area contributed by atoms with E-state index in [1.54, 1.807) is 0 Å². The Bertz CT molecular complexity index is 666. The molecule has 1 heterocycles. The van der Waals surface area contributed by atoms with E-state index in [1.165, 1.54) is 0 Å². The lowest BCUT2D eigenvalue weighted by Gasteiger charge is -2.35. The number of carbonyl (C=O) groups is 1. The Morgan fingerprint density at radius 1 is 0.909 bits per heavy atom. The van der Waals surface area contributed by atoms with E-state index >= 15 is 0 Å². The third-order valence-corrected chi connectivity index (χ3v) is 4.80.